The Morgan fingerprint density at radius 1 is 0.909 bits per heavy atom. The number of hydrogen-bond donors (Lipinski definition) is 1. The number of aliphatic hydroxyl groups is 1. The first kappa shape index (κ1) is 16.3. The van der Waals surface area contributed by atoms with E-state index in [9.17, 15) is 26.3 Å². The van der Waals surface area contributed by atoms with Crippen molar-refractivity contribution in [2.75, 3.05) is 0 Å². The third-order valence-electron chi connectivity index (χ3n) is 2.97. The van der Waals surface area contributed by atoms with Crippen molar-refractivity contribution in [3.63, 3.8) is 0 Å². The summed E-state index contributed by atoms with van der Waals surface area (Å²) < 4.78 is 76.9. The van der Waals surface area contributed by atoms with Crippen molar-refractivity contribution in [1.29, 1.82) is 0 Å². The SMILES string of the molecule is OCc1cc(-c2ccccc2C(F)(F)F)ncc1C(F)(F)F. The maximum absolute atomic E-state index is 12.9. The lowest BCUT2D eigenvalue weighted by Gasteiger charge is -2.15. The summed E-state index contributed by atoms with van der Waals surface area (Å²) in [4.78, 5) is 3.47. The van der Waals surface area contributed by atoms with E-state index in [2.05, 4.69) is 4.98 Å². The Morgan fingerprint density at radius 3 is 2.05 bits per heavy atom. The van der Waals surface area contributed by atoms with Crippen molar-refractivity contribution in [2.24, 2.45) is 0 Å². The molecule has 0 saturated heterocycles. The minimum Gasteiger partial charge on any atom is -0.392 e. The number of halogens is 6. The Kier molecular flexibility index (Phi) is 4.15. The molecule has 0 atom stereocenters. The van der Waals surface area contributed by atoms with Gasteiger partial charge in [-0.2, -0.15) is 26.3 Å². The molecule has 0 amide bonds. The lowest BCUT2D eigenvalue weighted by atomic mass is 10.0. The van der Waals surface area contributed by atoms with E-state index in [-0.39, 0.29) is 11.3 Å². The van der Waals surface area contributed by atoms with Gasteiger partial charge in [0, 0.05) is 11.8 Å². The van der Waals surface area contributed by atoms with E-state index >= 15 is 0 Å². The Balaban J connectivity index is 2.61. The molecule has 118 valence electrons. The number of rotatable bonds is 2. The number of aromatic nitrogens is 1. The fraction of sp³-hybridized carbons (Fsp3) is 0.214. The second-order valence-electron chi connectivity index (χ2n) is 4.43. The van der Waals surface area contributed by atoms with Gasteiger partial charge in [0.05, 0.1) is 23.4 Å². The molecule has 0 aliphatic rings. The van der Waals surface area contributed by atoms with Gasteiger partial charge in [-0.15, -0.1) is 0 Å². The summed E-state index contributed by atoms with van der Waals surface area (Å²) in [7, 11) is 0. The van der Waals surface area contributed by atoms with Crippen LogP contribution in [0.15, 0.2) is 36.5 Å². The number of hydrogen-bond acceptors (Lipinski definition) is 2. The fourth-order valence-corrected chi connectivity index (χ4v) is 1.98. The molecule has 0 bridgehead atoms. The highest BCUT2D eigenvalue weighted by atomic mass is 19.4. The lowest BCUT2D eigenvalue weighted by Crippen LogP contribution is -2.11. The van der Waals surface area contributed by atoms with Gasteiger partial charge in [-0.3, -0.25) is 4.98 Å². The molecule has 0 aliphatic carbocycles. The van der Waals surface area contributed by atoms with Crippen LogP contribution in [0.5, 0.6) is 0 Å². The first-order valence-corrected chi connectivity index (χ1v) is 5.98. The van der Waals surface area contributed by atoms with Crippen molar-refractivity contribution < 1.29 is 31.4 Å². The highest BCUT2D eigenvalue weighted by Gasteiger charge is 2.36. The summed E-state index contributed by atoms with van der Waals surface area (Å²) in [5, 5.41) is 9.03. The van der Waals surface area contributed by atoms with E-state index in [0.717, 1.165) is 18.2 Å². The second-order valence-corrected chi connectivity index (χ2v) is 4.43. The zero-order valence-corrected chi connectivity index (χ0v) is 10.8. The Labute approximate surface area is 121 Å². The van der Waals surface area contributed by atoms with Crippen LogP contribution in [0, 0.1) is 0 Å². The smallest absolute Gasteiger partial charge is 0.392 e. The number of alkyl halides is 6. The van der Waals surface area contributed by atoms with Crippen molar-refractivity contribution in [3.8, 4) is 11.3 Å². The maximum Gasteiger partial charge on any atom is 0.418 e. The molecule has 0 saturated carbocycles. The molecule has 1 aromatic carbocycles. The maximum atomic E-state index is 12.9. The van der Waals surface area contributed by atoms with Crippen molar-refractivity contribution >= 4 is 0 Å². The lowest BCUT2D eigenvalue weighted by molar-refractivity contribution is -0.139. The van der Waals surface area contributed by atoms with Crippen LogP contribution in [-0.2, 0) is 19.0 Å². The van der Waals surface area contributed by atoms with Crippen LogP contribution in [-0.4, -0.2) is 10.1 Å². The molecule has 22 heavy (non-hydrogen) atoms. The van der Waals surface area contributed by atoms with E-state index in [4.69, 9.17) is 5.11 Å². The summed E-state index contributed by atoms with van der Waals surface area (Å²) in [5.41, 5.74) is -3.35. The molecular formula is C14H9F6NO. The average molecular weight is 321 g/mol. The van der Waals surface area contributed by atoms with Gasteiger partial charge >= 0.3 is 12.4 Å². The summed E-state index contributed by atoms with van der Waals surface area (Å²) in [5.74, 6) is 0. The number of nitrogens with zero attached hydrogens (tertiary/aromatic N) is 1. The molecule has 0 unspecified atom stereocenters. The quantitative estimate of drug-likeness (QED) is 0.838. The van der Waals surface area contributed by atoms with Crippen molar-refractivity contribution in [3.05, 3.63) is 53.2 Å². The first-order valence-electron chi connectivity index (χ1n) is 5.98. The van der Waals surface area contributed by atoms with Gasteiger partial charge in [-0.05, 0) is 17.7 Å². The number of pyridine rings is 1. The zero-order chi connectivity index (χ0) is 16.5. The second kappa shape index (κ2) is 5.60. The molecule has 0 fully saturated rings. The predicted molar refractivity (Wildman–Crippen MR) is 65.6 cm³/mol. The Morgan fingerprint density at radius 2 is 1.50 bits per heavy atom. The molecular weight excluding hydrogens is 312 g/mol. The standard InChI is InChI=1S/C14H9F6NO/c15-13(16,17)10-4-2-1-3-9(10)12-5-8(7-22)11(6-21-12)14(18,19)20/h1-6,22H,7H2. The van der Waals surface area contributed by atoms with Crippen LogP contribution in [0.25, 0.3) is 11.3 Å². The Hall–Kier alpha value is -2.09. The molecule has 2 rings (SSSR count). The number of benzene rings is 1. The highest BCUT2D eigenvalue weighted by molar-refractivity contribution is 5.65. The van der Waals surface area contributed by atoms with Gasteiger partial charge in [-0.1, -0.05) is 18.2 Å². The monoisotopic (exact) mass is 321 g/mol. The molecule has 2 nitrogen and oxygen atoms in total. The minimum absolute atomic E-state index is 0.287. The first-order chi connectivity index (χ1) is 10.1. The van der Waals surface area contributed by atoms with E-state index in [1.165, 1.54) is 12.1 Å². The van der Waals surface area contributed by atoms with Crippen LogP contribution < -0.4 is 0 Å². The van der Waals surface area contributed by atoms with Gasteiger partial charge in [0.25, 0.3) is 0 Å². The van der Waals surface area contributed by atoms with Crippen LogP contribution in [0.3, 0.4) is 0 Å². The van der Waals surface area contributed by atoms with E-state index in [1.54, 1.807) is 0 Å². The third-order valence-corrected chi connectivity index (χ3v) is 2.97. The summed E-state index contributed by atoms with van der Waals surface area (Å²) in [6.07, 6.45) is -8.98. The molecule has 8 heteroatoms. The molecule has 0 aliphatic heterocycles. The summed E-state index contributed by atoms with van der Waals surface area (Å²) in [6, 6.07) is 5.23. The minimum atomic E-state index is -4.74. The molecule has 1 N–H and O–H groups in total. The molecule has 1 heterocycles. The van der Waals surface area contributed by atoms with Crippen LogP contribution in [0.2, 0.25) is 0 Å². The molecule has 2 aromatic rings. The number of aliphatic hydroxyl groups excluding tert-OH is 1. The Bertz CT molecular complexity index is 678. The third kappa shape index (κ3) is 3.22. The fourth-order valence-electron chi connectivity index (χ4n) is 1.98. The van der Waals surface area contributed by atoms with Crippen LogP contribution in [0.4, 0.5) is 26.3 Å². The normalized spacial score (nSPS) is 12.5. The zero-order valence-electron chi connectivity index (χ0n) is 10.8. The van der Waals surface area contributed by atoms with Gasteiger partial charge in [0.2, 0.25) is 0 Å². The highest BCUT2D eigenvalue weighted by Crippen LogP contribution is 2.38. The summed E-state index contributed by atoms with van der Waals surface area (Å²) >= 11 is 0. The van der Waals surface area contributed by atoms with E-state index < -0.39 is 35.6 Å². The van der Waals surface area contributed by atoms with Gasteiger partial charge < -0.3 is 5.11 Å². The van der Waals surface area contributed by atoms with Crippen molar-refractivity contribution in [2.45, 2.75) is 19.0 Å². The van der Waals surface area contributed by atoms with Crippen molar-refractivity contribution in [1.82, 2.24) is 4.98 Å². The van der Waals surface area contributed by atoms with E-state index in [0.29, 0.717) is 6.20 Å². The van der Waals surface area contributed by atoms with Gasteiger partial charge in [0.1, 0.15) is 0 Å². The molecule has 1 aromatic heterocycles. The van der Waals surface area contributed by atoms with Gasteiger partial charge in [0.15, 0.2) is 0 Å². The van der Waals surface area contributed by atoms with E-state index in [1.807, 2.05) is 0 Å². The molecule has 0 radical (unpaired) electrons. The average Bonchev–Trinajstić information content (AvgIpc) is 2.44. The predicted octanol–water partition coefficient (Wildman–Crippen LogP) is 4.28. The molecule has 0 spiro atoms. The van der Waals surface area contributed by atoms with Crippen LogP contribution in [0.1, 0.15) is 16.7 Å². The van der Waals surface area contributed by atoms with Gasteiger partial charge in [-0.25, -0.2) is 0 Å². The van der Waals surface area contributed by atoms with Crippen LogP contribution >= 0.6 is 0 Å². The topological polar surface area (TPSA) is 33.1 Å². The largest absolute Gasteiger partial charge is 0.418 e. The summed E-state index contributed by atoms with van der Waals surface area (Å²) in [6.45, 7) is -0.960.